The van der Waals surface area contributed by atoms with Gasteiger partial charge in [-0.1, -0.05) is 12.5 Å². The Morgan fingerprint density at radius 3 is 3.12 bits per heavy atom. The predicted molar refractivity (Wildman–Crippen MR) is 71.2 cm³/mol. The number of thioether (sulfide) groups is 1. The molecule has 0 bridgehead atoms. The fourth-order valence-electron chi connectivity index (χ4n) is 2.33. The van der Waals surface area contributed by atoms with Crippen molar-refractivity contribution in [3.05, 3.63) is 24.0 Å². The van der Waals surface area contributed by atoms with Gasteiger partial charge in [0.15, 0.2) is 5.65 Å². The van der Waals surface area contributed by atoms with E-state index in [4.69, 9.17) is 5.73 Å². The lowest BCUT2D eigenvalue weighted by molar-refractivity contribution is 0.645. The fourth-order valence-corrected chi connectivity index (χ4v) is 3.64. The molecule has 0 aromatic carbocycles. The van der Waals surface area contributed by atoms with Gasteiger partial charge in [0.1, 0.15) is 11.6 Å². The summed E-state index contributed by atoms with van der Waals surface area (Å²) >= 11 is 2.05. The van der Waals surface area contributed by atoms with Crippen LogP contribution >= 0.6 is 11.8 Å². The molecule has 1 saturated heterocycles. The van der Waals surface area contributed by atoms with Gasteiger partial charge in [0.25, 0.3) is 0 Å². The summed E-state index contributed by atoms with van der Waals surface area (Å²) in [6, 6.07) is 5.76. The summed E-state index contributed by atoms with van der Waals surface area (Å²) in [7, 11) is 0. The summed E-state index contributed by atoms with van der Waals surface area (Å²) in [5, 5.41) is 9.12. The normalized spacial score (nSPS) is 20.8. The Hall–Kier alpha value is -1.23. The molecule has 5 heteroatoms. The molecule has 0 radical (unpaired) electrons. The number of rotatable bonds is 2. The molecule has 90 valence electrons. The van der Waals surface area contributed by atoms with Gasteiger partial charge in [0.2, 0.25) is 0 Å². The first-order valence-corrected chi connectivity index (χ1v) is 7.09. The van der Waals surface area contributed by atoms with E-state index in [1.807, 2.05) is 22.6 Å². The van der Waals surface area contributed by atoms with E-state index in [1.54, 1.807) is 0 Å². The second-order valence-corrected chi connectivity index (χ2v) is 5.86. The number of hydrogen-bond donors (Lipinski definition) is 1. The molecule has 0 amide bonds. The van der Waals surface area contributed by atoms with Crippen molar-refractivity contribution in [1.82, 2.24) is 14.6 Å². The maximum atomic E-state index is 5.98. The lowest BCUT2D eigenvalue weighted by atomic mass is 10.1. The number of anilines is 1. The molecular weight excluding hydrogens is 232 g/mol. The Balaban J connectivity index is 1.89. The largest absolute Gasteiger partial charge is 0.385 e. The summed E-state index contributed by atoms with van der Waals surface area (Å²) < 4.78 is 1.97. The summed E-state index contributed by atoms with van der Waals surface area (Å²) in [5.74, 6) is 3.00. The first-order valence-electron chi connectivity index (χ1n) is 6.05. The molecule has 1 atom stereocenters. The quantitative estimate of drug-likeness (QED) is 0.884. The number of nitrogen functional groups attached to an aromatic ring is 1. The van der Waals surface area contributed by atoms with E-state index in [-0.39, 0.29) is 0 Å². The van der Waals surface area contributed by atoms with Gasteiger partial charge < -0.3 is 5.73 Å². The van der Waals surface area contributed by atoms with E-state index in [2.05, 4.69) is 22.0 Å². The molecule has 2 N–H and O–H groups in total. The molecular formula is C12H16N4S. The highest BCUT2D eigenvalue weighted by Gasteiger charge is 2.18. The minimum Gasteiger partial charge on any atom is -0.385 e. The predicted octanol–water partition coefficient (Wildman–Crippen LogP) is 2.14. The summed E-state index contributed by atoms with van der Waals surface area (Å²) in [6.07, 6.45) is 4.94. The molecule has 3 heterocycles. The van der Waals surface area contributed by atoms with E-state index in [0.29, 0.717) is 5.25 Å². The first kappa shape index (κ1) is 10.9. The molecule has 2 aromatic rings. The van der Waals surface area contributed by atoms with Crippen LogP contribution in [0.1, 0.15) is 25.1 Å². The van der Waals surface area contributed by atoms with Gasteiger partial charge in [-0.05, 0) is 30.7 Å². The van der Waals surface area contributed by atoms with E-state index in [1.165, 1.54) is 25.0 Å². The second-order valence-electron chi connectivity index (χ2n) is 4.45. The number of pyridine rings is 1. The highest BCUT2D eigenvalue weighted by atomic mass is 32.2. The number of fused-ring (bicyclic) bond motifs is 1. The topological polar surface area (TPSA) is 56.2 Å². The van der Waals surface area contributed by atoms with Crippen LogP contribution in [-0.4, -0.2) is 25.6 Å². The number of nitrogens with zero attached hydrogens (tertiary/aromatic N) is 3. The molecule has 3 rings (SSSR count). The van der Waals surface area contributed by atoms with Crippen molar-refractivity contribution in [2.24, 2.45) is 0 Å². The average Bonchev–Trinajstić information content (AvgIpc) is 2.75. The molecule has 0 saturated carbocycles. The maximum Gasteiger partial charge on any atom is 0.162 e. The van der Waals surface area contributed by atoms with E-state index < -0.39 is 0 Å². The molecule has 1 aliphatic heterocycles. The summed E-state index contributed by atoms with van der Waals surface area (Å²) in [6.45, 7) is 0. The van der Waals surface area contributed by atoms with Gasteiger partial charge in [-0.15, -0.1) is 10.2 Å². The van der Waals surface area contributed by atoms with Crippen molar-refractivity contribution in [2.75, 3.05) is 11.5 Å². The van der Waals surface area contributed by atoms with Crippen molar-refractivity contribution in [2.45, 2.75) is 30.9 Å². The van der Waals surface area contributed by atoms with Gasteiger partial charge in [-0.25, -0.2) is 0 Å². The van der Waals surface area contributed by atoms with Crippen LogP contribution < -0.4 is 5.73 Å². The zero-order valence-electron chi connectivity index (χ0n) is 9.67. The Morgan fingerprint density at radius 2 is 2.29 bits per heavy atom. The number of aromatic nitrogens is 3. The zero-order valence-corrected chi connectivity index (χ0v) is 10.5. The Morgan fingerprint density at radius 1 is 1.35 bits per heavy atom. The minimum atomic E-state index is 0.677. The molecule has 0 spiro atoms. The van der Waals surface area contributed by atoms with Gasteiger partial charge in [0.05, 0.1) is 0 Å². The van der Waals surface area contributed by atoms with Crippen LogP contribution in [0, 0.1) is 0 Å². The third kappa shape index (κ3) is 2.11. The maximum absolute atomic E-state index is 5.98. The van der Waals surface area contributed by atoms with Gasteiger partial charge >= 0.3 is 0 Å². The molecule has 0 aliphatic carbocycles. The lowest BCUT2D eigenvalue weighted by Crippen LogP contribution is -2.15. The highest BCUT2D eigenvalue weighted by molar-refractivity contribution is 7.99. The Bertz CT molecular complexity index is 516. The van der Waals surface area contributed by atoms with Crippen LogP contribution in [0.5, 0.6) is 0 Å². The minimum absolute atomic E-state index is 0.677. The third-order valence-corrected chi connectivity index (χ3v) is 4.61. The van der Waals surface area contributed by atoms with Crippen LogP contribution in [0.25, 0.3) is 5.65 Å². The Labute approximate surface area is 105 Å². The van der Waals surface area contributed by atoms with E-state index >= 15 is 0 Å². The average molecular weight is 248 g/mol. The molecule has 2 aromatic heterocycles. The Kier molecular flexibility index (Phi) is 2.93. The standard InChI is InChI=1S/C12H16N4S/c13-10-5-3-6-11-14-15-12(16(10)11)8-9-4-1-2-7-17-9/h3,5-6,9H,1-2,4,7-8,13H2. The van der Waals surface area contributed by atoms with Crippen LogP contribution in [0.2, 0.25) is 0 Å². The number of hydrogen-bond acceptors (Lipinski definition) is 4. The van der Waals surface area contributed by atoms with Crippen molar-refractivity contribution in [1.29, 1.82) is 0 Å². The fraction of sp³-hybridized carbons (Fsp3) is 0.500. The van der Waals surface area contributed by atoms with Gasteiger partial charge in [-0.2, -0.15) is 11.8 Å². The van der Waals surface area contributed by atoms with Crippen molar-refractivity contribution in [3.8, 4) is 0 Å². The second kappa shape index (κ2) is 4.56. The van der Waals surface area contributed by atoms with E-state index in [9.17, 15) is 0 Å². The van der Waals surface area contributed by atoms with Crippen molar-refractivity contribution >= 4 is 23.2 Å². The highest BCUT2D eigenvalue weighted by Crippen LogP contribution is 2.27. The van der Waals surface area contributed by atoms with Crippen LogP contribution in [0.15, 0.2) is 18.2 Å². The van der Waals surface area contributed by atoms with Crippen LogP contribution in [0.4, 0.5) is 5.82 Å². The SMILES string of the molecule is Nc1cccc2nnc(CC3CCCCS3)n12. The lowest BCUT2D eigenvalue weighted by Gasteiger charge is -2.20. The van der Waals surface area contributed by atoms with Crippen molar-refractivity contribution in [3.63, 3.8) is 0 Å². The van der Waals surface area contributed by atoms with Crippen molar-refractivity contribution < 1.29 is 0 Å². The molecule has 1 unspecified atom stereocenters. The van der Waals surface area contributed by atoms with Crippen LogP contribution in [0.3, 0.4) is 0 Å². The summed E-state index contributed by atoms with van der Waals surface area (Å²) in [4.78, 5) is 0. The molecule has 4 nitrogen and oxygen atoms in total. The molecule has 17 heavy (non-hydrogen) atoms. The monoisotopic (exact) mass is 248 g/mol. The smallest absolute Gasteiger partial charge is 0.162 e. The van der Waals surface area contributed by atoms with Gasteiger partial charge in [0, 0.05) is 11.7 Å². The third-order valence-electron chi connectivity index (χ3n) is 3.21. The van der Waals surface area contributed by atoms with Crippen LogP contribution in [-0.2, 0) is 6.42 Å². The zero-order chi connectivity index (χ0) is 11.7. The molecule has 1 aliphatic rings. The first-order chi connectivity index (χ1) is 8.34. The van der Waals surface area contributed by atoms with E-state index in [0.717, 1.165) is 23.7 Å². The number of nitrogens with two attached hydrogens (primary N) is 1. The van der Waals surface area contributed by atoms with Gasteiger partial charge in [-0.3, -0.25) is 4.40 Å². The summed E-state index contributed by atoms with van der Waals surface area (Å²) in [5.41, 5.74) is 6.83. The molecule has 1 fully saturated rings.